The Hall–Kier alpha value is -3.14. The highest BCUT2D eigenvalue weighted by molar-refractivity contribution is 7.85. The fraction of sp³-hybridized carbons (Fsp3) is 0. The molecule has 0 aromatic heterocycles. The van der Waals surface area contributed by atoms with Gasteiger partial charge in [-0.15, -0.1) is 0 Å². The largest absolute Gasteiger partial charge is 0.455 e. The maximum Gasteiger partial charge on any atom is 0.294 e. The summed E-state index contributed by atoms with van der Waals surface area (Å²) in [4.78, 5) is -0.354. The Bertz CT molecular complexity index is 1050. The van der Waals surface area contributed by atoms with Gasteiger partial charge in [0.15, 0.2) is 0 Å². The molecular weight excluding hydrogens is 338 g/mol. The summed E-state index contributed by atoms with van der Waals surface area (Å²) in [7, 11) is -4.38. The van der Waals surface area contributed by atoms with Crippen LogP contribution in [0, 0.1) is 11.3 Å². The number of hydrogen-bond acceptors (Lipinski definition) is 4. The van der Waals surface area contributed by atoms with Crippen LogP contribution >= 0.6 is 0 Å². The number of hydrogen-bond donors (Lipinski definition) is 1. The van der Waals surface area contributed by atoms with Gasteiger partial charge in [-0.2, -0.15) is 13.7 Å². The number of para-hydroxylation sites is 1. The molecule has 6 heteroatoms. The molecule has 124 valence electrons. The van der Waals surface area contributed by atoms with E-state index >= 15 is 0 Å². The lowest BCUT2D eigenvalue weighted by molar-refractivity contribution is 0.478. The van der Waals surface area contributed by atoms with Crippen molar-refractivity contribution in [3.05, 3.63) is 78.4 Å². The van der Waals surface area contributed by atoms with E-state index in [0.717, 1.165) is 17.2 Å². The zero-order valence-corrected chi connectivity index (χ0v) is 13.8. The van der Waals surface area contributed by atoms with Crippen LogP contribution in [-0.4, -0.2) is 13.0 Å². The van der Waals surface area contributed by atoms with Gasteiger partial charge in [0.1, 0.15) is 17.6 Å². The molecule has 0 aliphatic heterocycles. The standard InChI is InChI=1S/C19H13NO4S/c20-13-15-12-16(25(21,22)23)10-11-18(15)24-19-9-5-4-8-17(19)14-6-2-1-3-7-14/h1-12H,(H,21,22,23). The Morgan fingerprint density at radius 2 is 1.56 bits per heavy atom. The van der Waals surface area contributed by atoms with Crippen molar-refractivity contribution in [2.24, 2.45) is 0 Å². The maximum atomic E-state index is 11.2. The predicted molar refractivity (Wildman–Crippen MR) is 92.9 cm³/mol. The van der Waals surface area contributed by atoms with Gasteiger partial charge in [-0.25, -0.2) is 0 Å². The van der Waals surface area contributed by atoms with Crippen LogP contribution in [-0.2, 0) is 10.1 Å². The van der Waals surface area contributed by atoms with E-state index in [1.54, 1.807) is 12.1 Å². The van der Waals surface area contributed by atoms with Crippen molar-refractivity contribution in [2.75, 3.05) is 0 Å². The van der Waals surface area contributed by atoms with E-state index in [0.29, 0.717) is 5.75 Å². The average Bonchev–Trinajstić information content (AvgIpc) is 2.62. The van der Waals surface area contributed by atoms with Gasteiger partial charge in [0.2, 0.25) is 0 Å². The van der Waals surface area contributed by atoms with E-state index in [4.69, 9.17) is 9.29 Å². The minimum atomic E-state index is -4.38. The molecule has 0 radical (unpaired) electrons. The third kappa shape index (κ3) is 3.69. The molecule has 0 atom stereocenters. The molecule has 5 nitrogen and oxygen atoms in total. The van der Waals surface area contributed by atoms with Crippen molar-refractivity contribution in [1.82, 2.24) is 0 Å². The second kappa shape index (κ2) is 6.77. The molecule has 0 saturated carbocycles. The van der Waals surface area contributed by atoms with Gasteiger partial charge < -0.3 is 4.74 Å². The van der Waals surface area contributed by atoms with Crippen molar-refractivity contribution in [3.63, 3.8) is 0 Å². The lowest BCUT2D eigenvalue weighted by Gasteiger charge is -2.12. The van der Waals surface area contributed by atoms with Gasteiger partial charge in [-0.05, 0) is 29.8 Å². The molecule has 0 aliphatic rings. The van der Waals surface area contributed by atoms with Gasteiger partial charge in [0.05, 0.1) is 10.5 Å². The van der Waals surface area contributed by atoms with E-state index in [1.807, 2.05) is 48.5 Å². The Balaban J connectivity index is 2.04. The number of rotatable bonds is 4. The highest BCUT2D eigenvalue weighted by Gasteiger charge is 2.15. The van der Waals surface area contributed by atoms with E-state index < -0.39 is 10.1 Å². The first-order chi connectivity index (χ1) is 12.0. The van der Waals surface area contributed by atoms with Crippen LogP contribution in [0.3, 0.4) is 0 Å². The van der Waals surface area contributed by atoms with Crippen LogP contribution in [0.25, 0.3) is 11.1 Å². The van der Waals surface area contributed by atoms with E-state index in [-0.39, 0.29) is 16.2 Å². The van der Waals surface area contributed by atoms with Crippen molar-refractivity contribution in [3.8, 4) is 28.7 Å². The van der Waals surface area contributed by atoms with Gasteiger partial charge >= 0.3 is 0 Å². The fourth-order valence-electron chi connectivity index (χ4n) is 2.38. The van der Waals surface area contributed by atoms with Crippen molar-refractivity contribution in [1.29, 1.82) is 5.26 Å². The molecule has 3 rings (SSSR count). The molecule has 0 heterocycles. The number of ether oxygens (including phenoxy) is 1. The molecule has 0 spiro atoms. The van der Waals surface area contributed by atoms with Crippen LogP contribution in [0.2, 0.25) is 0 Å². The summed E-state index contributed by atoms with van der Waals surface area (Å²) in [5.74, 6) is 0.739. The highest BCUT2D eigenvalue weighted by atomic mass is 32.2. The zero-order valence-electron chi connectivity index (χ0n) is 13.0. The third-order valence-corrected chi connectivity index (χ3v) is 4.41. The molecule has 3 aromatic rings. The van der Waals surface area contributed by atoms with Crippen molar-refractivity contribution in [2.45, 2.75) is 4.90 Å². The van der Waals surface area contributed by atoms with Crippen LogP contribution < -0.4 is 4.74 Å². The minimum absolute atomic E-state index is 0.0120. The molecule has 3 aromatic carbocycles. The summed E-state index contributed by atoms with van der Waals surface area (Å²) >= 11 is 0. The predicted octanol–water partition coefficient (Wildman–Crippen LogP) is 4.26. The van der Waals surface area contributed by atoms with Gasteiger partial charge in [-0.3, -0.25) is 4.55 Å². The number of benzene rings is 3. The first-order valence-corrected chi connectivity index (χ1v) is 8.77. The summed E-state index contributed by atoms with van der Waals surface area (Å²) in [6.07, 6.45) is 0. The van der Waals surface area contributed by atoms with Gasteiger partial charge in [0.25, 0.3) is 10.1 Å². The molecule has 0 unspecified atom stereocenters. The Kier molecular flexibility index (Phi) is 4.52. The van der Waals surface area contributed by atoms with Crippen LogP contribution in [0.5, 0.6) is 11.5 Å². The second-order valence-corrected chi connectivity index (χ2v) is 6.63. The average molecular weight is 351 g/mol. The van der Waals surface area contributed by atoms with Gasteiger partial charge in [0, 0.05) is 5.56 Å². The maximum absolute atomic E-state index is 11.2. The summed E-state index contributed by atoms with van der Waals surface area (Å²) in [6.45, 7) is 0. The van der Waals surface area contributed by atoms with Crippen molar-refractivity contribution < 1.29 is 17.7 Å². The van der Waals surface area contributed by atoms with E-state index in [1.165, 1.54) is 12.1 Å². The lowest BCUT2D eigenvalue weighted by atomic mass is 10.0. The molecular formula is C19H13NO4S. The Morgan fingerprint density at radius 1 is 0.880 bits per heavy atom. The summed E-state index contributed by atoms with van der Waals surface area (Å²) < 4.78 is 37.4. The van der Waals surface area contributed by atoms with E-state index in [2.05, 4.69) is 0 Å². The lowest BCUT2D eigenvalue weighted by Crippen LogP contribution is -1.99. The second-order valence-electron chi connectivity index (χ2n) is 5.21. The summed E-state index contributed by atoms with van der Waals surface area (Å²) in [5, 5.41) is 9.27. The summed E-state index contributed by atoms with van der Waals surface area (Å²) in [6, 6.07) is 22.5. The monoisotopic (exact) mass is 351 g/mol. The number of nitrogens with zero attached hydrogens (tertiary/aromatic N) is 1. The SMILES string of the molecule is N#Cc1cc(S(=O)(=O)O)ccc1Oc1ccccc1-c1ccccc1. The van der Waals surface area contributed by atoms with E-state index in [9.17, 15) is 13.7 Å². The molecule has 0 aliphatic carbocycles. The molecule has 25 heavy (non-hydrogen) atoms. The Morgan fingerprint density at radius 3 is 2.24 bits per heavy atom. The van der Waals surface area contributed by atoms with Crippen LogP contribution in [0.4, 0.5) is 0 Å². The van der Waals surface area contributed by atoms with Crippen LogP contribution in [0.1, 0.15) is 5.56 Å². The first-order valence-electron chi connectivity index (χ1n) is 7.33. The third-order valence-electron chi connectivity index (χ3n) is 3.56. The Labute approximate surface area is 145 Å². The minimum Gasteiger partial charge on any atom is -0.455 e. The molecule has 0 fully saturated rings. The molecule has 0 bridgehead atoms. The normalized spacial score (nSPS) is 10.9. The molecule has 0 saturated heterocycles. The molecule has 1 N–H and O–H groups in total. The zero-order chi connectivity index (χ0) is 17.9. The first kappa shape index (κ1) is 16.7. The topological polar surface area (TPSA) is 87.4 Å². The van der Waals surface area contributed by atoms with Crippen molar-refractivity contribution >= 4 is 10.1 Å². The number of nitriles is 1. The van der Waals surface area contributed by atoms with Gasteiger partial charge in [-0.1, -0.05) is 48.5 Å². The highest BCUT2D eigenvalue weighted by Crippen LogP contribution is 2.34. The quantitative estimate of drug-likeness (QED) is 0.710. The van der Waals surface area contributed by atoms with Crippen LogP contribution in [0.15, 0.2) is 77.7 Å². The molecule has 0 amide bonds. The summed E-state index contributed by atoms with van der Waals surface area (Å²) in [5.41, 5.74) is 1.80. The fourth-order valence-corrected chi connectivity index (χ4v) is 2.88. The smallest absolute Gasteiger partial charge is 0.294 e.